The van der Waals surface area contributed by atoms with Crippen LogP contribution in [0.15, 0.2) is 29.4 Å². The van der Waals surface area contributed by atoms with Crippen molar-refractivity contribution in [1.29, 1.82) is 5.26 Å². The third-order valence-electron chi connectivity index (χ3n) is 1.97. The molecule has 0 radical (unpaired) electrons. The third kappa shape index (κ3) is 5.87. The number of amides is 1. The standard InChI is InChI=1S/C14H17N3O3/c1-14(2,3)20-13(18)17-16-10-11-6-4-5-7-12(11)19-9-8-15/h4-7,10H,9H2,1-3H3,(H,17,18)/b16-10+. The summed E-state index contributed by atoms with van der Waals surface area (Å²) in [6.07, 6.45) is 0.792. The van der Waals surface area contributed by atoms with Crippen molar-refractivity contribution < 1.29 is 14.3 Å². The van der Waals surface area contributed by atoms with Gasteiger partial charge in [-0.25, -0.2) is 10.2 Å². The fourth-order valence-corrected chi connectivity index (χ4v) is 1.28. The zero-order valence-corrected chi connectivity index (χ0v) is 11.7. The van der Waals surface area contributed by atoms with Crippen LogP contribution in [0.1, 0.15) is 26.3 Å². The molecule has 1 aromatic carbocycles. The van der Waals surface area contributed by atoms with E-state index in [2.05, 4.69) is 10.5 Å². The summed E-state index contributed by atoms with van der Waals surface area (Å²) in [5.41, 5.74) is 2.33. The molecular weight excluding hydrogens is 258 g/mol. The lowest BCUT2D eigenvalue weighted by atomic mass is 10.2. The van der Waals surface area contributed by atoms with Gasteiger partial charge in [-0.3, -0.25) is 0 Å². The minimum Gasteiger partial charge on any atom is -0.478 e. The van der Waals surface area contributed by atoms with Gasteiger partial charge in [0.25, 0.3) is 0 Å². The molecular formula is C14H17N3O3. The maximum absolute atomic E-state index is 11.4. The van der Waals surface area contributed by atoms with E-state index in [1.54, 1.807) is 45.0 Å². The molecule has 1 N–H and O–H groups in total. The second-order valence-corrected chi connectivity index (χ2v) is 4.86. The van der Waals surface area contributed by atoms with E-state index in [-0.39, 0.29) is 6.61 Å². The highest BCUT2D eigenvalue weighted by Crippen LogP contribution is 2.15. The van der Waals surface area contributed by atoms with Gasteiger partial charge in [-0.1, -0.05) is 12.1 Å². The van der Waals surface area contributed by atoms with Gasteiger partial charge < -0.3 is 9.47 Å². The zero-order valence-electron chi connectivity index (χ0n) is 11.7. The summed E-state index contributed by atoms with van der Waals surface area (Å²) in [5.74, 6) is 0.517. The van der Waals surface area contributed by atoms with E-state index in [9.17, 15) is 4.79 Å². The first-order valence-corrected chi connectivity index (χ1v) is 6.03. The number of hydrazone groups is 1. The number of para-hydroxylation sites is 1. The number of carbonyl (C=O) groups is 1. The number of hydrogen-bond donors (Lipinski definition) is 1. The van der Waals surface area contributed by atoms with E-state index in [0.29, 0.717) is 11.3 Å². The van der Waals surface area contributed by atoms with Crippen molar-refractivity contribution in [3.8, 4) is 11.8 Å². The Morgan fingerprint density at radius 3 is 2.80 bits per heavy atom. The molecule has 1 rings (SSSR count). The lowest BCUT2D eigenvalue weighted by Gasteiger charge is -2.18. The van der Waals surface area contributed by atoms with Crippen LogP contribution in [-0.4, -0.2) is 24.5 Å². The molecule has 6 nitrogen and oxygen atoms in total. The predicted octanol–water partition coefficient (Wildman–Crippen LogP) is 2.45. The molecule has 6 heteroatoms. The van der Waals surface area contributed by atoms with Crippen LogP contribution in [-0.2, 0) is 4.74 Å². The highest BCUT2D eigenvalue weighted by Gasteiger charge is 2.15. The van der Waals surface area contributed by atoms with Crippen molar-refractivity contribution in [2.75, 3.05) is 6.61 Å². The lowest BCUT2D eigenvalue weighted by molar-refractivity contribution is 0.0529. The van der Waals surface area contributed by atoms with E-state index in [1.165, 1.54) is 6.21 Å². The number of ether oxygens (including phenoxy) is 2. The van der Waals surface area contributed by atoms with Crippen molar-refractivity contribution in [3.05, 3.63) is 29.8 Å². The number of nitriles is 1. The second kappa shape index (κ2) is 7.14. The molecule has 0 unspecified atom stereocenters. The van der Waals surface area contributed by atoms with E-state index < -0.39 is 11.7 Å². The summed E-state index contributed by atoms with van der Waals surface area (Å²) in [7, 11) is 0. The summed E-state index contributed by atoms with van der Waals surface area (Å²) in [5, 5.41) is 12.3. The third-order valence-corrected chi connectivity index (χ3v) is 1.97. The Kier molecular flexibility index (Phi) is 5.54. The van der Waals surface area contributed by atoms with Gasteiger partial charge in [-0.15, -0.1) is 0 Å². The maximum atomic E-state index is 11.4. The molecule has 106 valence electrons. The van der Waals surface area contributed by atoms with Crippen molar-refractivity contribution in [3.63, 3.8) is 0 Å². The van der Waals surface area contributed by atoms with Crippen molar-refractivity contribution in [2.45, 2.75) is 26.4 Å². The van der Waals surface area contributed by atoms with E-state index >= 15 is 0 Å². The second-order valence-electron chi connectivity index (χ2n) is 4.86. The average Bonchev–Trinajstić information content (AvgIpc) is 2.35. The average molecular weight is 275 g/mol. The molecule has 1 aromatic rings. The van der Waals surface area contributed by atoms with Crippen molar-refractivity contribution in [1.82, 2.24) is 5.43 Å². The van der Waals surface area contributed by atoms with Crippen LogP contribution in [0.5, 0.6) is 5.75 Å². The molecule has 0 aliphatic carbocycles. The molecule has 0 bridgehead atoms. The molecule has 20 heavy (non-hydrogen) atoms. The number of benzene rings is 1. The smallest absolute Gasteiger partial charge is 0.428 e. The summed E-state index contributed by atoms with van der Waals surface area (Å²) in [6.45, 7) is 5.24. The molecule has 1 amide bonds. The minimum atomic E-state index is -0.635. The Balaban J connectivity index is 2.62. The van der Waals surface area contributed by atoms with E-state index in [4.69, 9.17) is 14.7 Å². The fraction of sp³-hybridized carbons (Fsp3) is 0.357. The Bertz CT molecular complexity index is 527. The van der Waals surface area contributed by atoms with Crippen LogP contribution >= 0.6 is 0 Å². The predicted molar refractivity (Wildman–Crippen MR) is 74.5 cm³/mol. The highest BCUT2D eigenvalue weighted by atomic mass is 16.6. The van der Waals surface area contributed by atoms with Crippen LogP contribution in [0.2, 0.25) is 0 Å². The van der Waals surface area contributed by atoms with Crippen LogP contribution in [0.25, 0.3) is 0 Å². The molecule has 0 atom stereocenters. The van der Waals surface area contributed by atoms with Crippen LogP contribution in [0, 0.1) is 11.3 Å². The van der Waals surface area contributed by atoms with Gasteiger partial charge in [-0.05, 0) is 32.9 Å². The normalized spacial score (nSPS) is 10.9. The number of carbonyl (C=O) groups excluding carboxylic acids is 1. The van der Waals surface area contributed by atoms with Crippen molar-refractivity contribution >= 4 is 12.3 Å². The molecule has 0 heterocycles. The fourth-order valence-electron chi connectivity index (χ4n) is 1.28. The Labute approximate surface area is 118 Å². The molecule has 0 aliphatic heterocycles. The van der Waals surface area contributed by atoms with Gasteiger partial charge in [0, 0.05) is 5.56 Å². The molecule has 0 aliphatic rings. The molecule has 0 aromatic heterocycles. The van der Waals surface area contributed by atoms with Gasteiger partial charge in [0.2, 0.25) is 0 Å². The first-order valence-electron chi connectivity index (χ1n) is 6.03. The molecule has 0 spiro atoms. The van der Waals surface area contributed by atoms with Crippen molar-refractivity contribution in [2.24, 2.45) is 5.10 Å². The quantitative estimate of drug-likeness (QED) is 0.675. The van der Waals surface area contributed by atoms with Crippen LogP contribution in [0.3, 0.4) is 0 Å². The first kappa shape index (κ1) is 15.5. The Hall–Kier alpha value is -2.55. The van der Waals surface area contributed by atoms with Gasteiger partial charge in [0.1, 0.15) is 17.4 Å². The number of hydrogen-bond acceptors (Lipinski definition) is 5. The first-order chi connectivity index (χ1) is 9.42. The lowest BCUT2D eigenvalue weighted by Crippen LogP contribution is -2.29. The number of nitrogens with one attached hydrogen (secondary N) is 1. The van der Waals surface area contributed by atoms with Gasteiger partial charge in [0.15, 0.2) is 6.61 Å². The van der Waals surface area contributed by atoms with Gasteiger partial charge >= 0.3 is 6.09 Å². The monoisotopic (exact) mass is 275 g/mol. The van der Waals surface area contributed by atoms with Gasteiger partial charge in [0.05, 0.1) is 6.21 Å². The van der Waals surface area contributed by atoms with Crippen LogP contribution in [0.4, 0.5) is 4.79 Å². The Morgan fingerprint density at radius 2 is 2.15 bits per heavy atom. The Morgan fingerprint density at radius 1 is 1.45 bits per heavy atom. The summed E-state index contributed by atoms with van der Waals surface area (Å²) < 4.78 is 10.3. The molecule has 0 saturated carbocycles. The van der Waals surface area contributed by atoms with E-state index in [1.807, 2.05) is 6.07 Å². The largest absolute Gasteiger partial charge is 0.478 e. The number of rotatable bonds is 4. The maximum Gasteiger partial charge on any atom is 0.428 e. The zero-order chi connectivity index (χ0) is 15.0. The molecule has 0 saturated heterocycles. The number of nitrogens with zero attached hydrogens (tertiary/aromatic N) is 2. The highest BCUT2D eigenvalue weighted by molar-refractivity contribution is 5.84. The summed E-state index contributed by atoms with van der Waals surface area (Å²) in [4.78, 5) is 11.4. The SMILES string of the molecule is CC(C)(C)OC(=O)N/N=C/c1ccccc1OCC#N. The van der Waals surface area contributed by atoms with Crippen LogP contribution < -0.4 is 10.2 Å². The van der Waals surface area contributed by atoms with E-state index in [0.717, 1.165) is 0 Å². The van der Waals surface area contributed by atoms with Gasteiger partial charge in [-0.2, -0.15) is 10.4 Å². The summed E-state index contributed by atoms with van der Waals surface area (Å²) >= 11 is 0. The molecule has 0 fully saturated rings. The summed E-state index contributed by atoms with van der Waals surface area (Å²) in [6, 6.07) is 8.94. The topological polar surface area (TPSA) is 83.7 Å². The minimum absolute atomic E-state index is 0.0512.